The van der Waals surface area contributed by atoms with Gasteiger partial charge in [0, 0.05) is 19.5 Å². The molecule has 0 bridgehead atoms. The normalized spacial score (nSPS) is 20.8. The number of unbranched alkanes of at least 4 members (excludes halogenated alkanes) is 2. The lowest BCUT2D eigenvalue weighted by atomic mass is 10.2. The van der Waals surface area contributed by atoms with E-state index in [1.54, 1.807) is 0 Å². The van der Waals surface area contributed by atoms with Crippen LogP contribution in [0.25, 0.3) is 0 Å². The van der Waals surface area contributed by atoms with Crippen LogP contribution in [0.5, 0.6) is 0 Å². The summed E-state index contributed by atoms with van der Waals surface area (Å²) >= 11 is 0. The van der Waals surface area contributed by atoms with Crippen molar-refractivity contribution in [2.45, 2.75) is 38.5 Å². The Kier molecular flexibility index (Phi) is 5.21. The maximum atomic E-state index is 11.6. The molecule has 16 heavy (non-hydrogen) atoms. The Morgan fingerprint density at radius 2 is 1.94 bits per heavy atom. The Hall–Kier alpha value is -0.620. The highest BCUT2D eigenvalue weighted by Crippen LogP contribution is 2.14. The van der Waals surface area contributed by atoms with E-state index in [1.165, 1.54) is 4.31 Å². The summed E-state index contributed by atoms with van der Waals surface area (Å²) in [4.78, 5) is 10.3. The number of carbonyl (C=O) groups is 1. The standard InChI is InChI=1S/C10H19NO4S/c12-10(13)6-2-1-3-7-11-8-4-5-9-16(11,14)15/h1-9H2,(H,12,13). The summed E-state index contributed by atoms with van der Waals surface area (Å²) in [6, 6.07) is 0. The molecule has 0 aromatic heterocycles. The van der Waals surface area contributed by atoms with Crippen LogP contribution in [0.4, 0.5) is 0 Å². The highest BCUT2D eigenvalue weighted by atomic mass is 32.2. The SMILES string of the molecule is O=C(O)CCCCCN1CCCCS1(=O)=O. The lowest BCUT2D eigenvalue weighted by molar-refractivity contribution is -0.137. The molecule has 94 valence electrons. The van der Waals surface area contributed by atoms with Gasteiger partial charge in [0.15, 0.2) is 0 Å². The van der Waals surface area contributed by atoms with Crippen LogP contribution in [0.15, 0.2) is 0 Å². The predicted octanol–water partition coefficient (Wildman–Crippen LogP) is 1.06. The zero-order chi connectivity index (χ0) is 12.0. The molecule has 1 saturated heterocycles. The van der Waals surface area contributed by atoms with E-state index >= 15 is 0 Å². The number of sulfonamides is 1. The maximum Gasteiger partial charge on any atom is 0.303 e. The van der Waals surface area contributed by atoms with E-state index in [1.807, 2.05) is 0 Å². The van der Waals surface area contributed by atoms with Crippen molar-refractivity contribution in [3.63, 3.8) is 0 Å². The number of hydrogen-bond donors (Lipinski definition) is 1. The summed E-state index contributed by atoms with van der Waals surface area (Å²) < 4.78 is 24.7. The molecule has 1 heterocycles. The first kappa shape index (κ1) is 13.4. The summed E-state index contributed by atoms with van der Waals surface area (Å²) in [5.74, 6) is -0.520. The second-order valence-corrected chi connectivity index (χ2v) is 6.22. The van der Waals surface area contributed by atoms with Gasteiger partial charge in [-0.05, 0) is 25.7 Å². The number of carboxylic acid groups (broad SMARTS) is 1. The second kappa shape index (κ2) is 6.20. The largest absolute Gasteiger partial charge is 0.481 e. The lowest BCUT2D eigenvalue weighted by Gasteiger charge is -2.26. The van der Waals surface area contributed by atoms with Crippen molar-refractivity contribution in [1.82, 2.24) is 4.31 Å². The lowest BCUT2D eigenvalue weighted by Crippen LogP contribution is -2.38. The first-order valence-corrected chi connectivity index (χ1v) is 7.33. The average molecular weight is 249 g/mol. The van der Waals surface area contributed by atoms with E-state index in [0.717, 1.165) is 25.7 Å². The van der Waals surface area contributed by atoms with E-state index < -0.39 is 16.0 Å². The zero-order valence-electron chi connectivity index (χ0n) is 9.39. The van der Waals surface area contributed by atoms with Gasteiger partial charge in [-0.3, -0.25) is 4.79 Å². The van der Waals surface area contributed by atoms with Crippen molar-refractivity contribution < 1.29 is 18.3 Å². The minimum atomic E-state index is -3.01. The molecule has 1 aliphatic rings. The van der Waals surface area contributed by atoms with Gasteiger partial charge in [0.1, 0.15) is 0 Å². The minimum Gasteiger partial charge on any atom is -0.481 e. The second-order valence-electron chi connectivity index (χ2n) is 4.13. The molecular weight excluding hydrogens is 230 g/mol. The van der Waals surface area contributed by atoms with Gasteiger partial charge < -0.3 is 5.11 Å². The Labute approximate surface area is 96.5 Å². The van der Waals surface area contributed by atoms with Gasteiger partial charge >= 0.3 is 5.97 Å². The van der Waals surface area contributed by atoms with Crippen molar-refractivity contribution in [3.8, 4) is 0 Å². The molecule has 0 unspecified atom stereocenters. The molecule has 1 fully saturated rings. The van der Waals surface area contributed by atoms with E-state index in [0.29, 0.717) is 19.5 Å². The molecule has 5 nitrogen and oxygen atoms in total. The van der Waals surface area contributed by atoms with Gasteiger partial charge in [-0.25, -0.2) is 12.7 Å². The fraction of sp³-hybridized carbons (Fsp3) is 0.900. The van der Waals surface area contributed by atoms with Crippen molar-refractivity contribution in [2.24, 2.45) is 0 Å². The number of rotatable bonds is 6. The minimum absolute atomic E-state index is 0.173. The summed E-state index contributed by atoms with van der Waals surface area (Å²) in [7, 11) is -3.01. The molecule has 0 spiro atoms. The Morgan fingerprint density at radius 3 is 2.56 bits per heavy atom. The Morgan fingerprint density at radius 1 is 1.19 bits per heavy atom. The molecule has 0 aromatic rings. The molecular formula is C10H19NO4S. The third-order valence-electron chi connectivity index (χ3n) is 2.75. The number of nitrogens with zero attached hydrogens (tertiary/aromatic N) is 1. The van der Waals surface area contributed by atoms with Gasteiger partial charge in [0.2, 0.25) is 10.0 Å². The highest BCUT2D eigenvalue weighted by Gasteiger charge is 2.24. The molecule has 0 saturated carbocycles. The fourth-order valence-corrected chi connectivity index (χ4v) is 3.47. The van der Waals surface area contributed by atoms with Gasteiger partial charge in [-0.2, -0.15) is 0 Å². The molecule has 0 radical (unpaired) electrons. The molecule has 1 rings (SSSR count). The van der Waals surface area contributed by atoms with Crippen molar-refractivity contribution >= 4 is 16.0 Å². The first-order valence-electron chi connectivity index (χ1n) is 5.72. The molecule has 6 heteroatoms. The smallest absolute Gasteiger partial charge is 0.303 e. The van der Waals surface area contributed by atoms with Crippen LogP contribution < -0.4 is 0 Å². The van der Waals surface area contributed by atoms with Crippen molar-refractivity contribution in [2.75, 3.05) is 18.8 Å². The van der Waals surface area contributed by atoms with Crippen LogP contribution in [0.1, 0.15) is 38.5 Å². The summed E-state index contributed by atoms with van der Waals surface area (Å²) in [6.07, 6.45) is 4.03. The van der Waals surface area contributed by atoms with Crippen LogP contribution in [0.3, 0.4) is 0 Å². The summed E-state index contributed by atoms with van der Waals surface area (Å²) in [5, 5.41) is 8.44. The number of hydrogen-bond acceptors (Lipinski definition) is 3. The van der Waals surface area contributed by atoms with E-state index in [2.05, 4.69) is 0 Å². The number of carboxylic acids is 1. The quantitative estimate of drug-likeness (QED) is 0.714. The molecule has 1 aliphatic heterocycles. The molecule has 0 amide bonds. The number of aliphatic carboxylic acids is 1. The van der Waals surface area contributed by atoms with E-state index in [9.17, 15) is 13.2 Å². The predicted molar refractivity (Wildman–Crippen MR) is 60.7 cm³/mol. The fourth-order valence-electron chi connectivity index (χ4n) is 1.83. The highest BCUT2D eigenvalue weighted by molar-refractivity contribution is 7.89. The monoisotopic (exact) mass is 249 g/mol. The third-order valence-corrected chi connectivity index (χ3v) is 4.71. The van der Waals surface area contributed by atoms with Gasteiger partial charge in [0.25, 0.3) is 0 Å². The van der Waals surface area contributed by atoms with Crippen molar-refractivity contribution in [1.29, 1.82) is 0 Å². The zero-order valence-corrected chi connectivity index (χ0v) is 10.2. The van der Waals surface area contributed by atoms with Crippen LogP contribution in [-0.2, 0) is 14.8 Å². The van der Waals surface area contributed by atoms with Crippen LogP contribution >= 0.6 is 0 Å². The van der Waals surface area contributed by atoms with E-state index in [4.69, 9.17) is 5.11 Å². The van der Waals surface area contributed by atoms with Crippen molar-refractivity contribution in [3.05, 3.63) is 0 Å². The Balaban J connectivity index is 2.19. The maximum absolute atomic E-state index is 11.6. The first-order chi connectivity index (χ1) is 7.52. The van der Waals surface area contributed by atoms with Crippen LogP contribution in [-0.4, -0.2) is 42.6 Å². The van der Waals surface area contributed by atoms with E-state index in [-0.39, 0.29) is 12.2 Å². The molecule has 0 aromatic carbocycles. The topological polar surface area (TPSA) is 74.7 Å². The molecule has 0 atom stereocenters. The third kappa shape index (κ3) is 4.49. The molecule has 0 aliphatic carbocycles. The van der Waals surface area contributed by atoms with Gasteiger partial charge in [-0.15, -0.1) is 0 Å². The van der Waals surface area contributed by atoms with Gasteiger partial charge in [0.05, 0.1) is 5.75 Å². The van der Waals surface area contributed by atoms with Crippen LogP contribution in [0, 0.1) is 0 Å². The Bertz CT molecular complexity index is 326. The van der Waals surface area contributed by atoms with Crippen LogP contribution in [0.2, 0.25) is 0 Å². The summed E-state index contributed by atoms with van der Waals surface area (Å²) in [5.41, 5.74) is 0. The summed E-state index contributed by atoms with van der Waals surface area (Å²) in [6.45, 7) is 1.17. The average Bonchev–Trinajstić information content (AvgIpc) is 2.19. The van der Waals surface area contributed by atoms with Gasteiger partial charge in [-0.1, -0.05) is 6.42 Å². The molecule has 1 N–H and O–H groups in total.